The van der Waals surface area contributed by atoms with Crippen LogP contribution in [-0.4, -0.2) is 11.6 Å². The van der Waals surface area contributed by atoms with E-state index < -0.39 is 0 Å². The molecule has 96 valence electrons. The predicted molar refractivity (Wildman–Crippen MR) is 73.9 cm³/mol. The Kier molecular flexibility index (Phi) is 2.78. The number of fused-ring (bicyclic) bond motifs is 1. The first-order chi connectivity index (χ1) is 8.70. The molecule has 3 rings (SSSR count). The van der Waals surface area contributed by atoms with E-state index >= 15 is 0 Å². The van der Waals surface area contributed by atoms with Gasteiger partial charge in [-0.25, -0.2) is 0 Å². The summed E-state index contributed by atoms with van der Waals surface area (Å²) in [5.74, 6) is 1.59. The highest BCUT2D eigenvalue weighted by Crippen LogP contribution is 2.43. The lowest BCUT2D eigenvalue weighted by atomic mass is 10.00. The highest BCUT2D eigenvalue weighted by molar-refractivity contribution is 5.86. The summed E-state index contributed by atoms with van der Waals surface area (Å²) in [6, 6.07) is 6.36. The van der Waals surface area contributed by atoms with Crippen LogP contribution < -0.4 is 10.5 Å². The van der Waals surface area contributed by atoms with Gasteiger partial charge >= 0.3 is 0 Å². The number of nitrogens with two attached hydrogens (primary N) is 1. The Morgan fingerprint density at radius 3 is 2.89 bits per heavy atom. The van der Waals surface area contributed by atoms with E-state index in [-0.39, 0.29) is 6.04 Å². The van der Waals surface area contributed by atoms with Gasteiger partial charge in [0.25, 0.3) is 0 Å². The molecule has 1 aliphatic rings. The third-order valence-corrected chi connectivity index (χ3v) is 3.78. The second-order valence-corrected chi connectivity index (χ2v) is 5.17. The predicted octanol–water partition coefficient (Wildman–Crippen LogP) is 3.28. The summed E-state index contributed by atoms with van der Waals surface area (Å²) < 4.78 is 5.58. The van der Waals surface area contributed by atoms with Crippen molar-refractivity contribution in [1.29, 1.82) is 0 Å². The van der Waals surface area contributed by atoms with E-state index in [0.717, 1.165) is 11.3 Å². The molecule has 0 saturated heterocycles. The molecule has 1 aromatic carbocycles. The fraction of sp³-hybridized carbons (Fsp3) is 0.467. The van der Waals surface area contributed by atoms with Crippen molar-refractivity contribution in [3.05, 3.63) is 29.5 Å². The molecule has 0 bridgehead atoms. The molecule has 1 saturated carbocycles. The minimum Gasteiger partial charge on any atom is -0.494 e. The first kappa shape index (κ1) is 11.6. The molecule has 3 heteroatoms. The summed E-state index contributed by atoms with van der Waals surface area (Å²) in [4.78, 5) is 3.42. The Morgan fingerprint density at radius 1 is 1.44 bits per heavy atom. The molecule has 1 aromatic heterocycles. The van der Waals surface area contributed by atoms with Crippen LogP contribution in [0.5, 0.6) is 5.75 Å². The van der Waals surface area contributed by atoms with E-state index in [0.29, 0.717) is 12.5 Å². The first-order valence-corrected chi connectivity index (χ1v) is 6.71. The summed E-state index contributed by atoms with van der Waals surface area (Å²) in [6.45, 7) is 4.81. The summed E-state index contributed by atoms with van der Waals surface area (Å²) in [6.07, 6.45) is 2.52. The highest BCUT2D eigenvalue weighted by atomic mass is 16.5. The fourth-order valence-electron chi connectivity index (χ4n) is 2.70. The van der Waals surface area contributed by atoms with Crippen LogP contribution in [0.3, 0.4) is 0 Å². The van der Waals surface area contributed by atoms with Gasteiger partial charge in [-0.2, -0.15) is 0 Å². The zero-order chi connectivity index (χ0) is 12.7. The van der Waals surface area contributed by atoms with Gasteiger partial charge in [0.2, 0.25) is 0 Å². The number of ether oxygens (including phenoxy) is 1. The summed E-state index contributed by atoms with van der Waals surface area (Å²) >= 11 is 0. The normalized spacial score (nSPS) is 17.1. The summed E-state index contributed by atoms with van der Waals surface area (Å²) in [5, 5.41) is 1.22. The van der Waals surface area contributed by atoms with Crippen LogP contribution in [0.2, 0.25) is 0 Å². The number of aryl methyl sites for hydroxylation is 1. The second-order valence-electron chi connectivity index (χ2n) is 5.17. The lowest BCUT2D eigenvalue weighted by Gasteiger charge is -2.11. The maximum atomic E-state index is 6.37. The fourth-order valence-corrected chi connectivity index (χ4v) is 2.70. The summed E-state index contributed by atoms with van der Waals surface area (Å²) in [7, 11) is 0. The van der Waals surface area contributed by atoms with Crippen LogP contribution >= 0.6 is 0 Å². The number of nitrogens with one attached hydrogen (secondary N) is 1. The molecule has 18 heavy (non-hydrogen) atoms. The Hall–Kier alpha value is -1.48. The average molecular weight is 244 g/mol. The molecular weight excluding hydrogens is 224 g/mol. The number of hydrogen-bond acceptors (Lipinski definition) is 2. The van der Waals surface area contributed by atoms with Crippen molar-refractivity contribution in [3.63, 3.8) is 0 Å². The third kappa shape index (κ3) is 1.89. The second kappa shape index (κ2) is 4.32. The number of hydrogen-bond donors (Lipinski definition) is 2. The molecule has 1 aliphatic carbocycles. The van der Waals surface area contributed by atoms with E-state index in [9.17, 15) is 0 Å². The van der Waals surface area contributed by atoms with E-state index in [4.69, 9.17) is 10.5 Å². The van der Waals surface area contributed by atoms with Crippen molar-refractivity contribution in [2.75, 3.05) is 6.61 Å². The van der Waals surface area contributed by atoms with Crippen molar-refractivity contribution in [2.24, 2.45) is 11.7 Å². The zero-order valence-electron chi connectivity index (χ0n) is 11.0. The van der Waals surface area contributed by atoms with E-state index in [1.807, 2.05) is 13.0 Å². The van der Waals surface area contributed by atoms with Crippen LogP contribution in [0, 0.1) is 12.8 Å². The van der Waals surface area contributed by atoms with Gasteiger partial charge in [0.15, 0.2) is 0 Å². The summed E-state index contributed by atoms with van der Waals surface area (Å²) in [5.41, 5.74) is 9.99. The van der Waals surface area contributed by atoms with Crippen molar-refractivity contribution in [1.82, 2.24) is 4.98 Å². The Bertz CT molecular complexity index is 569. The molecule has 2 aromatic rings. The number of rotatable bonds is 4. The van der Waals surface area contributed by atoms with Crippen molar-refractivity contribution >= 4 is 10.9 Å². The minimum absolute atomic E-state index is 0.163. The van der Waals surface area contributed by atoms with Gasteiger partial charge in [-0.15, -0.1) is 0 Å². The Labute approximate surface area is 107 Å². The van der Waals surface area contributed by atoms with Gasteiger partial charge in [-0.1, -0.05) is 0 Å². The van der Waals surface area contributed by atoms with Gasteiger partial charge in [0.1, 0.15) is 5.75 Å². The Balaban J connectivity index is 2.09. The quantitative estimate of drug-likeness (QED) is 0.867. The average Bonchev–Trinajstić information content (AvgIpc) is 3.12. The zero-order valence-corrected chi connectivity index (χ0v) is 11.0. The monoisotopic (exact) mass is 244 g/mol. The van der Waals surface area contributed by atoms with E-state index in [2.05, 4.69) is 24.0 Å². The van der Waals surface area contributed by atoms with Crippen LogP contribution in [0.25, 0.3) is 10.9 Å². The molecule has 0 amide bonds. The topological polar surface area (TPSA) is 51.0 Å². The van der Waals surface area contributed by atoms with Gasteiger partial charge in [-0.3, -0.25) is 0 Å². The molecule has 3 nitrogen and oxygen atoms in total. The van der Waals surface area contributed by atoms with Gasteiger partial charge in [0.05, 0.1) is 6.61 Å². The molecule has 1 atom stereocenters. The smallest absolute Gasteiger partial charge is 0.120 e. The molecule has 3 N–H and O–H groups in total. The number of aromatic amines is 1. The molecule has 0 radical (unpaired) electrons. The van der Waals surface area contributed by atoms with Crippen molar-refractivity contribution in [2.45, 2.75) is 32.7 Å². The maximum absolute atomic E-state index is 6.37. The standard InChI is InChI=1S/C15H20N2O/c1-3-18-11-6-7-13-12(8-11)14(9(2)17-13)15(16)10-4-5-10/h6-8,10,15,17H,3-5,16H2,1-2H3. The van der Waals surface area contributed by atoms with Crippen LogP contribution in [0.4, 0.5) is 0 Å². The molecule has 1 unspecified atom stereocenters. The van der Waals surface area contributed by atoms with Crippen LogP contribution in [0.15, 0.2) is 18.2 Å². The van der Waals surface area contributed by atoms with E-state index in [1.165, 1.54) is 29.5 Å². The van der Waals surface area contributed by atoms with Gasteiger partial charge in [0, 0.05) is 22.6 Å². The van der Waals surface area contributed by atoms with Gasteiger partial charge in [-0.05, 0) is 56.4 Å². The number of benzene rings is 1. The maximum Gasteiger partial charge on any atom is 0.120 e. The number of aromatic nitrogens is 1. The van der Waals surface area contributed by atoms with Crippen molar-refractivity contribution in [3.8, 4) is 5.75 Å². The third-order valence-electron chi connectivity index (χ3n) is 3.78. The largest absolute Gasteiger partial charge is 0.494 e. The lowest BCUT2D eigenvalue weighted by Crippen LogP contribution is -2.13. The highest BCUT2D eigenvalue weighted by Gasteiger charge is 2.32. The van der Waals surface area contributed by atoms with Gasteiger partial charge < -0.3 is 15.5 Å². The van der Waals surface area contributed by atoms with Crippen LogP contribution in [-0.2, 0) is 0 Å². The first-order valence-electron chi connectivity index (χ1n) is 6.71. The van der Waals surface area contributed by atoms with Crippen LogP contribution in [0.1, 0.15) is 37.1 Å². The van der Waals surface area contributed by atoms with Crippen molar-refractivity contribution < 1.29 is 4.74 Å². The van der Waals surface area contributed by atoms with E-state index in [1.54, 1.807) is 0 Å². The SMILES string of the molecule is CCOc1ccc2[nH]c(C)c(C(N)C3CC3)c2c1. The lowest BCUT2D eigenvalue weighted by molar-refractivity contribution is 0.340. The molecule has 1 fully saturated rings. The number of H-pyrrole nitrogens is 1. The Morgan fingerprint density at radius 2 is 2.22 bits per heavy atom. The molecule has 0 aliphatic heterocycles. The molecule has 1 heterocycles. The molecular formula is C15H20N2O. The minimum atomic E-state index is 0.163. The molecule has 0 spiro atoms.